The molecular formula is C23H18IN5O6. The summed E-state index contributed by atoms with van der Waals surface area (Å²) in [4.78, 5) is 59.2. The van der Waals surface area contributed by atoms with E-state index in [0.717, 1.165) is 3.57 Å². The minimum atomic E-state index is -0.680. The van der Waals surface area contributed by atoms with Crippen molar-refractivity contribution in [2.45, 2.75) is 13.8 Å². The lowest BCUT2D eigenvalue weighted by molar-refractivity contribution is 0.0503. The number of aromatic amines is 2. The SMILES string of the molecule is CCOC(=O)c1nc2ccc(C#N)cc2c(=O)[nH]1.CCOC(=O)c1nc2ccc(I)cc2c(=O)[nH]1. The van der Waals surface area contributed by atoms with E-state index in [1.54, 1.807) is 26.0 Å². The zero-order valence-corrected chi connectivity index (χ0v) is 20.7. The third kappa shape index (κ3) is 6.07. The Morgan fingerprint density at radius 2 is 1.37 bits per heavy atom. The lowest BCUT2D eigenvalue weighted by Crippen LogP contribution is -2.17. The van der Waals surface area contributed by atoms with Crippen molar-refractivity contribution in [2.75, 3.05) is 13.2 Å². The van der Waals surface area contributed by atoms with Gasteiger partial charge in [0.15, 0.2) is 0 Å². The number of ether oxygens (including phenoxy) is 2. The predicted molar refractivity (Wildman–Crippen MR) is 134 cm³/mol. The monoisotopic (exact) mass is 587 g/mol. The molecule has 0 amide bonds. The molecule has 0 radical (unpaired) electrons. The first-order chi connectivity index (χ1) is 16.8. The molecule has 0 aliphatic carbocycles. The second kappa shape index (κ2) is 11.3. The van der Waals surface area contributed by atoms with E-state index in [9.17, 15) is 19.2 Å². The summed E-state index contributed by atoms with van der Waals surface area (Å²) in [6, 6.07) is 11.7. The number of carbonyl (C=O) groups is 2. The summed E-state index contributed by atoms with van der Waals surface area (Å²) in [7, 11) is 0. The Hall–Kier alpha value is -4.12. The van der Waals surface area contributed by atoms with Crippen LogP contribution in [0.2, 0.25) is 0 Å². The number of hydrogen-bond donors (Lipinski definition) is 2. The Balaban J connectivity index is 0.000000196. The van der Waals surface area contributed by atoms with Gasteiger partial charge in [0.05, 0.1) is 46.7 Å². The van der Waals surface area contributed by atoms with Crippen molar-refractivity contribution >= 4 is 56.3 Å². The van der Waals surface area contributed by atoms with Gasteiger partial charge in [0.2, 0.25) is 11.6 Å². The molecule has 0 aliphatic heterocycles. The number of aromatic nitrogens is 4. The third-order valence-electron chi connectivity index (χ3n) is 4.44. The topological polar surface area (TPSA) is 168 Å². The van der Waals surface area contributed by atoms with E-state index < -0.39 is 17.5 Å². The van der Waals surface area contributed by atoms with Crippen LogP contribution in [0.5, 0.6) is 0 Å². The standard InChI is InChI=1S/C12H9N3O3.C11H9IN2O3/c1-2-18-12(17)10-14-9-4-3-7(6-13)5-8(9)11(16)15-10;1-2-17-11(16)9-13-8-4-3-6(12)5-7(8)10(15)14-9/h3-5H,2H2,1H3,(H,14,15,16);3-5H,2H2,1H3,(H,13,14,15). The van der Waals surface area contributed by atoms with Gasteiger partial charge >= 0.3 is 11.9 Å². The van der Waals surface area contributed by atoms with E-state index in [4.69, 9.17) is 14.7 Å². The summed E-state index contributed by atoms with van der Waals surface area (Å²) in [5, 5.41) is 9.47. The number of hydrogen-bond acceptors (Lipinski definition) is 9. The number of esters is 2. The Bertz CT molecular complexity index is 1590. The summed E-state index contributed by atoms with van der Waals surface area (Å²) in [6.07, 6.45) is 0. The number of nitrogens with zero attached hydrogens (tertiary/aromatic N) is 3. The lowest BCUT2D eigenvalue weighted by Gasteiger charge is -2.02. The van der Waals surface area contributed by atoms with Gasteiger partial charge in [-0.25, -0.2) is 19.6 Å². The van der Waals surface area contributed by atoms with E-state index in [2.05, 4.69) is 42.5 Å². The molecule has 0 saturated heterocycles. The van der Waals surface area contributed by atoms with Crippen LogP contribution >= 0.6 is 22.6 Å². The molecule has 11 nitrogen and oxygen atoms in total. The number of benzene rings is 2. The van der Waals surface area contributed by atoms with Crippen LogP contribution in [0.3, 0.4) is 0 Å². The average molecular weight is 587 g/mol. The number of fused-ring (bicyclic) bond motifs is 2. The maximum Gasteiger partial charge on any atom is 0.374 e. The summed E-state index contributed by atoms with van der Waals surface area (Å²) in [6.45, 7) is 3.80. The molecule has 2 N–H and O–H groups in total. The summed E-state index contributed by atoms with van der Waals surface area (Å²) in [5.41, 5.74) is 0.383. The highest BCUT2D eigenvalue weighted by atomic mass is 127. The molecule has 0 aliphatic rings. The fourth-order valence-electron chi connectivity index (χ4n) is 2.91. The fourth-order valence-corrected chi connectivity index (χ4v) is 3.40. The fraction of sp³-hybridized carbons (Fsp3) is 0.174. The summed E-state index contributed by atoms with van der Waals surface area (Å²) >= 11 is 2.11. The smallest absolute Gasteiger partial charge is 0.374 e. The number of H-pyrrole nitrogens is 2. The molecule has 2 heterocycles. The van der Waals surface area contributed by atoms with Crippen LogP contribution in [0.15, 0.2) is 46.0 Å². The van der Waals surface area contributed by atoms with Crippen molar-refractivity contribution in [1.82, 2.24) is 19.9 Å². The van der Waals surface area contributed by atoms with Gasteiger partial charge < -0.3 is 19.4 Å². The van der Waals surface area contributed by atoms with Gasteiger partial charge in [-0.15, -0.1) is 0 Å². The molecule has 0 bridgehead atoms. The Morgan fingerprint density at radius 1 is 0.886 bits per heavy atom. The molecule has 4 rings (SSSR count). The Morgan fingerprint density at radius 3 is 1.86 bits per heavy atom. The van der Waals surface area contributed by atoms with E-state index in [1.165, 1.54) is 18.2 Å². The minimum Gasteiger partial charge on any atom is -0.460 e. The molecule has 2 aromatic carbocycles. The highest BCUT2D eigenvalue weighted by Gasteiger charge is 2.13. The van der Waals surface area contributed by atoms with Crippen LogP contribution in [0.4, 0.5) is 0 Å². The second-order valence-electron chi connectivity index (χ2n) is 6.78. The van der Waals surface area contributed by atoms with Gasteiger partial charge in [-0.3, -0.25) is 9.59 Å². The van der Waals surface area contributed by atoms with Crippen LogP contribution in [-0.2, 0) is 9.47 Å². The van der Waals surface area contributed by atoms with Crippen molar-refractivity contribution < 1.29 is 19.1 Å². The third-order valence-corrected chi connectivity index (χ3v) is 5.11. The number of nitrogens with one attached hydrogen (secondary N) is 2. The molecule has 4 aromatic rings. The van der Waals surface area contributed by atoms with E-state index in [1.807, 2.05) is 12.1 Å². The molecule has 35 heavy (non-hydrogen) atoms. The van der Waals surface area contributed by atoms with Crippen molar-refractivity contribution in [3.8, 4) is 6.07 Å². The molecule has 0 unspecified atom stereocenters. The molecule has 178 valence electrons. The predicted octanol–water partition coefficient (Wildman–Crippen LogP) is 2.68. The molecule has 0 saturated carbocycles. The van der Waals surface area contributed by atoms with Crippen molar-refractivity contribution in [2.24, 2.45) is 0 Å². The zero-order valence-electron chi connectivity index (χ0n) is 18.5. The van der Waals surface area contributed by atoms with Gasteiger partial charge in [0, 0.05) is 3.57 Å². The van der Waals surface area contributed by atoms with E-state index in [0.29, 0.717) is 22.0 Å². The largest absolute Gasteiger partial charge is 0.460 e. The van der Waals surface area contributed by atoms with Crippen LogP contribution in [0.25, 0.3) is 21.8 Å². The Labute approximate surface area is 211 Å². The number of carbonyl (C=O) groups excluding carboxylic acids is 2. The summed E-state index contributed by atoms with van der Waals surface area (Å²) < 4.78 is 10.5. The Kier molecular flexibility index (Phi) is 8.26. The highest BCUT2D eigenvalue weighted by molar-refractivity contribution is 14.1. The van der Waals surface area contributed by atoms with Gasteiger partial charge in [-0.05, 0) is 72.8 Å². The quantitative estimate of drug-likeness (QED) is 0.269. The van der Waals surface area contributed by atoms with Crippen molar-refractivity contribution in [1.29, 1.82) is 5.26 Å². The van der Waals surface area contributed by atoms with Gasteiger partial charge in [-0.1, -0.05) is 0 Å². The molecule has 0 fully saturated rings. The van der Waals surface area contributed by atoms with Crippen LogP contribution < -0.4 is 11.1 Å². The van der Waals surface area contributed by atoms with Crippen LogP contribution in [0, 0.1) is 14.9 Å². The van der Waals surface area contributed by atoms with Crippen LogP contribution in [0.1, 0.15) is 40.6 Å². The number of nitriles is 1. The normalized spacial score (nSPS) is 10.2. The molecule has 12 heteroatoms. The number of halogens is 1. The maximum absolute atomic E-state index is 11.8. The molecule has 0 spiro atoms. The minimum absolute atomic E-state index is 0.0643. The van der Waals surface area contributed by atoms with Gasteiger partial charge in [0.1, 0.15) is 0 Å². The summed E-state index contributed by atoms with van der Waals surface area (Å²) in [5.74, 6) is -1.50. The van der Waals surface area contributed by atoms with E-state index >= 15 is 0 Å². The average Bonchev–Trinajstić information content (AvgIpc) is 2.84. The lowest BCUT2D eigenvalue weighted by atomic mass is 10.1. The van der Waals surface area contributed by atoms with Crippen molar-refractivity contribution in [3.05, 3.63) is 77.9 Å². The van der Waals surface area contributed by atoms with Crippen molar-refractivity contribution in [3.63, 3.8) is 0 Å². The van der Waals surface area contributed by atoms with Crippen LogP contribution in [-0.4, -0.2) is 45.1 Å². The molecule has 0 atom stereocenters. The number of rotatable bonds is 4. The first-order valence-corrected chi connectivity index (χ1v) is 11.3. The second-order valence-corrected chi connectivity index (χ2v) is 8.02. The maximum atomic E-state index is 11.8. The first-order valence-electron chi connectivity index (χ1n) is 10.2. The molecule has 2 aromatic heterocycles. The molecular weight excluding hydrogens is 569 g/mol. The van der Waals surface area contributed by atoms with Gasteiger partial charge in [0.25, 0.3) is 11.1 Å². The van der Waals surface area contributed by atoms with E-state index in [-0.39, 0.29) is 35.8 Å². The zero-order chi connectivity index (χ0) is 25.5. The highest BCUT2D eigenvalue weighted by Crippen LogP contribution is 2.12. The first kappa shape index (κ1) is 25.5. The van der Waals surface area contributed by atoms with Gasteiger partial charge in [-0.2, -0.15) is 5.26 Å².